The van der Waals surface area contributed by atoms with Crippen molar-refractivity contribution >= 4 is 5.69 Å². The van der Waals surface area contributed by atoms with Crippen molar-refractivity contribution < 1.29 is 13.2 Å². The molecule has 94 valence electrons. The first kappa shape index (κ1) is 12.5. The van der Waals surface area contributed by atoms with E-state index in [-0.39, 0.29) is 17.9 Å². The van der Waals surface area contributed by atoms with Gasteiger partial charge in [0.15, 0.2) is 0 Å². The fourth-order valence-electron chi connectivity index (χ4n) is 1.58. The number of hydrogen-bond acceptors (Lipinski definition) is 1. The molecule has 0 radical (unpaired) electrons. The molecule has 0 saturated heterocycles. The van der Waals surface area contributed by atoms with Crippen LogP contribution in [-0.4, -0.2) is 0 Å². The molecular weight excluding hydrogens is 239 g/mol. The molecule has 18 heavy (non-hydrogen) atoms. The van der Waals surface area contributed by atoms with E-state index in [0.29, 0.717) is 11.3 Å². The fraction of sp³-hybridized carbons (Fsp3) is 0.143. The Morgan fingerprint density at radius 3 is 2.44 bits per heavy atom. The molecule has 0 saturated carbocycles. The highest BCUT2D eigenvalue weighted by molar-refractivity contribution is 5.45. The Hall–Kier alpha value is -1.97. The Bertz CT molecular complexity index is 567. The molecular formula is C14H12F3N. The highest BCUT2D eigenvalue weighted by atomic mass is 19.1. The van der Waals surface area contributed by atoms with Gasteiger partial charge in [-0.2, -0.15) is 0 Å². The number of halogens is 3. The van der Waals surface area contributed by atoms with Crippen LogP contribution in [0.1, 0.15) is 11.1 Å². The van der Waals surface area contributed by atoms with Crippen LogP contribution in [0, 0.1) is 24.4 Å². The van der Waals surface area contributed by atoms with E-state index >= 15 is 0 Å². The average molecular weight is 251 g/mol. The van der Waals surface area contributed by atoms with E-state index in [0.717, 1.165) is 18.2 Å². The minimum Gasteiger partial charge on any atom is -0.381 e. The fourth-order valence-corrected chi connectivity index (χ4v) is 1.58. The summed E-state index contributed by atoms with van der Waals surface area (Å²) in [6.07, 6.45) is 0. The van der Waals surface area contributed by atoms with Gasteiger partial charge >= 0.3 is 0 Å². The van der Waals surface area contributed by atoms with Crippen molar-refractivity contribution in [2.24, 2.45) is 0 Å². The first-order valence-electron chi connectivity index (χ1n) is 5.50. The van der Waals surface area contributed by atoms with Gasteiger partial charge in [0, 0.05) is 17.8 Å². The van der Waals surface area contributed by atoms with Gasteiger partial charge in [0.05, 0.1) is 0 Å². The topological polar surface area (TPSA) is 12.0 Å². The van der Waals surface area contributed by atoms with Crippen LogP contribution in [0.4, 0.5) is 18.9 Å². The molecule has 0 atom stereocenters. The quantitative estimate of drug-likeness (QED) is 0.868. The van der Waals surface area contributed by atoms with E-state index in [4.69, 9.17) is 0 Å². The zero-order valence-electron chi connectivity index (χ0n) is 9.81. The van der Waals surface area contributed by atoms with Gasteiger partial charge in [0.25, 0.3) is 0 Å². The predicted molar refractivity (Wildman–Crippen MR) is 64.8 cm³/mol. The van der Waals surface area contributed by atoms with Gasteiger partial charge in [-0.05, 0) is 42.8 Å². The summed E-state index contributed by atoms with van der Waals surface area (Å²) in [5.41, 5.74) is 1.27. The summed E-state index contributed by atoms with van der Waals surface area (Å²) >= 11 is 0. The van der Waals surface area contributed by atoms with Crippen LogP contribution >= 0.6 is 0 Å². The molecule has 4 heteroatoms. The Morgan fingerprint density at radius 2 is 1.72 bits per heavy atom. The second-order valence-electron chi connectivity index (χ2n) is 4.05. The highest BCUT2D eigenvalue weighted by Gasteiger charge is 2.04. The summed E-state index contributed by atoms with van der Waals surface area (Å²) in [7, 11) is 0. The van der Waals surface area contributed by atoms with Crippen molar-refractivity contribution in [3.63, 3.8) is 0 Å². The van der Waals surface area contributed by atoms with Crippen LogP contribution in [0.25, 0.3) is 0 Å². The molecule has 0 heterocycles. The molecule has 1 N–H and O–H groups in total. The largest absolute Gasteiger partial charge is 0.381 e. The standard InChI is InChI=1S/C14H12F3N/c1-9-2-4-12(7-14(9)17)18-8-10-6-11(15)3-5-13(10)16/h2-7,18H,8H2,1H3. The van der Waals surface area contributed by atoms with Gasteiger partial charge in [-0.15, -0.1) is 0 Å². The molecule has 0 spiro atoms. The van der Waals surface area contributed by atoms with Crippen molar-refractivity contribution in [3.05, 3.63) is 65.0 Å². The van der Waals surface area contributed by atoms with Crippen LogP contribution in [-0.2, 0) is 6.54 Å². The minimum atomic E-state index is -0.497. The third-order valence-electron chi connectivity index (χ3n) is 2.66. The van der Waals surface area contributed by atoms with E-state index in [2.05, 4.69) is 5.32 Å². The monoisotopic (exact) mass is 251 g/mol. The van der Waals surface area contributed by atoms with Gasteiger partial charge in [-0.1, -0.05) is 6.07 Å². The zero-order chi connectivity index (χ0) is 13.1. The first-order valence-corrected chi connectivity index (χ1v) is 5.50. The van der Waals surface area contributed by atoms with E-state index in [1.165, 1.54) is 6.07 Å². The van der Waals surface area contributed by atoms with Crippen LogP contribution in [0.3, 0.4) is 0 Å². The van der Waals surface area contributed by atoms with Crippen LogP contribution < -0.4 is 5.32 Å². The van der Waals surface area contributed by atoms with E-state index in [1.807, 2.05) is 0 Å². The van der Waals surface area contributed by atoms with Gasteiger partial charge in [0.1, 0.15) is 17.5 Å². The van der Waals surface area contributed by atoms with E-state index in [1.54, 1.807) is 19.1 Å². The molecule has 2 aromatic carbocycles. The number of aryl methyl sites for hydroxylation is 1. The molecule has 2 rings (SSSR count). The molecule has 0 unspecified atom stereocenters. The lowest BCUT2D eigenvalue weighted by Crippen LogP contribution is -2.03. The lowest BCUT2D eigenvalue weighted by Gasteiger charge is -2.08. The number of anilines is 1. The third kappa shape index (κ3) is 2.83. The summed E-state index contributed by atoms with van der Waals surface area (Å²) in [6, 6.07) is 7.89. The second-order valence-corrected chi connectivity index (χ2v) is 4.05. The lowest BCUT2D eigenvalue weighted by molar-refractivity contribution is 0.587. The summed E-state index contributed by atoms with van der Waals surface area (Å²) in [6.45, 7) is 1.76. The Kier molecular flexibility index (Phi) is 3.55. The molecule has 2 aromatic rings. The molecule has 0 bridgehead atoms. The SMILES string of the molecule is Cc1ccc(NCc2cc(F)ccc2F)cc1F. The number of nitrogens with one attached hydrogen (secondary N) is 1. The number of benzene rings is 2. The predicted octanol–water partition coefficient (Wildman–Crippen LogP) is 4.02. The Balaban J connectivity index is 2.11. The van der Waals surface area contributed by atoms with Crippen molar-refractivity contribution in [1.29, 1.82) is 0 Å². The van der Waals surface area contributed by atoms with Gasteiger partial charge < -0.3 is 5.32 Å². The zero-order valence-corrected chi connectivity index (χ0v) is 9.81. The molecule has 1 nitrogen and oxygen atoms in total. The van der Waals surface area contributed by atoms with Gasteiger partial charge in [-0.25, -0.2) is 13.2 Å². The van der Waals surface area contributed by atoms with Crippen molar-refractivity contribution in [2.75, 3.05) is 5.32 Å². The number of hydrogen-bond donors (Lipinski definition) is 1. The Labute approximate surface area is 103 Å². The van der Waals surface area contributed by atoms with E-state index < -0.39 is 11.6 Å². The van der Waals surface area contributed by atoms with E-state index in [9.17, 15) is 13.2 Å². The highest BCUT2D eigenvalue weighted by Crippen LogP contribution is 2.16. The Morgan fingerprint density at radius 1 is 0.944 bits per heavy atom. The van der Waals surface area contributed by atoms with Crippen LogP contribution in [0.2, 0.25) is 0 Å². The maximum absolute atomic E-state index is 13.3. The maximum atomic E-state index is 13.3. The lowest BCUT2D eigenvalue weighted by atomic mass is 10.2. The summed E-state index contributed by atoms with van der Waals surface area (Å²) in [5.74, 6) is -1.32. The van der Waals surface area contributed by atoms with Crippen LogP contribution in [0.5, 0.6) is 0 Å². The summed E-state index contributed by atoms with van der Waals surface area (Å²) in [4.78, 5) is 0. The molecule has 0 aromatic heterocycles. The molecule has 0 aliphatic heterocycles. The van der Waals surface area contributed by atoms with Crippen LogP contribution in [0.15, 0.2) is 36.4 Å². The first-order chi connectivity index (χ1) is 8.56. The second kappa shape index (κ2) is 5.12. The number of rotatable bonds is 3. The van der Waals surface area contributed by atoms with Gasteiger partial charge in [-0.3, -0.25) is 0 Å². The summed E-state index contributed by atoms with van der Waals surface area (Å²) < 4.78 is 39.5. The minimum absolute atomic E-state index is 0.103. The van der Waals surface area contributed by atoms with Gasteiger partial charge in [0.2, 0.25) is 0 Å². The average Bonchev–Trinajstić information content (AvgIpc) is 2.34. The smallest absolute Gasteiger partial charge is 0.128 e. The van der Waals surface area contributed by atoms with Crippen molar-refractivity contribution in [3.8, 4) is 0 Å². The summed E-state index contributed by atoms with van der Waals surface area (Å²) in [5, 5.41) is 2.85. The normalized spacial score (nSPS) is 10.4. The molecule has 0 fully saturated rings. The van der Waals surface area contributed by atoms with Crippen molar-refractivity contribution in [2.45, 2.75) is 13.5 Å². The van der Waals surface area contributed by atoms with Crippen molar-refractivity contribution in [1.82, 2.24) is 0 Å². The molecule has 0 aliphatic rings. The molecule has 0 amide bonds. The third-order valence-corrected chi connectivity index (χ3v) is 2.66. The molecule has 0 aliphatic carbocycles. The maximum Gasteiger partial charge on any atom is 0.128 e.